The van der Waals surface area contributed by atoms with Gasteiger partial charge < -0.3 is 10.2 Å². The summed E-state index contributed by atoms with van der Waals surface area (Å²) >= 11 is 0. The lowest BCUT2D eigenvalue weighted by Gasteiger charge is -2.38. The monoisotopic (exact) mass is 244 g/mol. The van der Waals surface area contributed by atoms with E-state index in [0.29, 0.717) is 18.7 Å². The highest BCUT2D eigenvalue weighted by molar-refractivity contribution is 5.96. The molecule has 1 aromatic carbocycles. The van der Waals surface area contributed by atoms with Crippen molar-refractivity contribution in [2.75, 3.05) is 20.1 Å². The summed E-state index contributed by atoms with van der Waals surface area (Å²) in [5, 5.41) is 2.59. The van der Waals surface area contributed by atoms with E-state index in [1.165, 1.54) is 0 Å². The van der Waals surface area contributed by atoms with Gasteiger partial charge in [-0.3, -0.25) is 9.59 Å². The molecule has 0 radical (unpaired) electrons. The third kappa shape index (κ3) is 2.27. The first-order chi connectivity index (χ1) is 8.65. The van der Waals surface area contributed by atoms with Crippen molar-refractivity contribution in [1.29, 1.82) is 0 Å². The summed E-state index contributed by atoms with van der Waals surface area (Å²) in [5.41, 5.74) is 1.63. The van der Waals surface area contributed by atoms with Gasteiger partial charge in [0.05, 0.1) is 5.92 Å². The maximum Gasteiger partial charge on any atom is 0.253 e. The fourth-order valence-electron chi connectivity index (χ4n) is 1.96. The van der Waals surface area contributed by atoms with E-state index in [9.17, 15) is 9.59 Å². The Morgan fingerprint density at radius 3 is 2.44 bits per heavy atom. The van der Waals surface area contributed by atoms with Crippen LogP contribution in [0.5, 0.6) is 0 Å². The fraction of sp³-hybridized carbons (Fsp3) is 0.286. The molecule has 1 fully saturated rings. The van der Waals surface area contributed by atoms with Gasteiger partial charge in [-0.05, 0) is 17.7 Å². The first-order valence-corrected chi connectivity index (χ1v) is 5.89. The molecule has 0 spiro atoms. The van der Waals surface area contributed by atoms with E-state index < -0.39 is 0 Å². The second kappa shape index (κ2) is 5.04. The summed E-state index contributed by atoms with van der Waals surface area (Å²) in [6.07, 6.45) is 1.74. The number of carbonyl (C=O) groups excluding carboxylic acids is 2. The van der Waals surface area contributed by atoms with E-state index in [1.807, 2.05) is 12.1 Å². The van der Waals surface area contributed by atoms with Gasteiger partial charge in [0.1, 0.15) is 0 Å². The molecule has 18 heavy (non-hydrogen) atoms. The van der Waals surface area contributed by atoms with Crippen molar-refractivity contribution in [2.24, 2.45) is 5.92 Å². The molecule has 0 bridgehead atoms. The minimum absolute atomic E-state index is 0.000977. The van der Waals surface area contributed by atoms with Crippen LogP contribution in [0, 0.1) is 5.92 Å². The number of amides is 2. The van der Waals surface area contributed by atoms with Crippen molar-refractivity contribution in [2.45, 2.75) is 0 Å². The minimum atomic E-state index is -0.0635. The van der Waals surface area contributed by atoms with Crippen molar-refractivity contribution >= 4 is 17.9 Å². The van der Waals surface area contributed by atoms with Crippen LogP contribution in [-0.2, 0) is 4.79 Å². The molecule has 0 unspecified atom stereocenters. The lowest BCUT2D eigenvalue weighted by molar-refractivity contribution is -0.128. The zero-order valence-electron chi connectivity index (χ0n) is 10.3. The largest absolute Gasteiger partial charge is 0.359 e. The molecule has 0 aromatic heterocycles. The van der Waals surface area contributed by atoms with Gasteiger partial charge in [-0.25, -0.2) is 0 Å². The van der Waals surface area contributed by atoms with Crippen molar-refractivity contribution in [3.63, 3.8) is 0 Å². The molecule has 1 heterocycles. The molecule has 94 valence electrons. The first-order valence-electron chi connectivity index (χ1n) is 5.89. The molecular formula is C14H16N2O2. The molecule has 0 saturated carbocycles. The zero-order chi connectivity index (χ0) is 13.1. The van der Waals surface area contributed by atoms with Crippen LogP contribution < -0.4 is 5.32 Å². The number of nitrogens with zero attached hydrogens (tertiary/aromatic N) is 1. The normalized spacial score (nSPS) is 14.8. The molecule has 2 rings (SSSR count). The standard InChI is InChI=1S/C14H16N2O2/c1-3-10-4-6-11(7-5-10)14(18)16-8-12(9-16)13(17)15-2/h3-7,12H,1,8-9H2,2H3,(H,15,17). The van der Waals surface area contributed by atoms with Crippen LogP contribution >= 0.6 is 0 Å². The van der Waals surface area contributed by atoms with Gasteiger partial charge in [0, 0.05) is 25.7 Å². The van der Waals surface area contributed by atoms with Crippen LogP contribution in [0.4, 0.5) is 0 Å². The third-order valence-corrected chi connectivity index (χ3v) is 3.18. The Labute approximate surface area is 106 Å². The molecule has 0 aliphatic carbocycles. The van der Waals surface area contributed by atoms with E-state index in [-0.39, 0.29) is 17.7 Å². The van der Waals surface area contributed by atoms with Gasteiger partial charge >= 0.3 is 0 Å². The average molecular weight is 244 g/mol. The number of hydrogen-bond donors (Lipinski definition) is 1. The zero-order valence-corrected chi connectivity index (χ0v) is 10.3. The highest BCUT2D eigenvalue weighted by Crippen LogP contribution is 2.19. The molecule has 4 heteroatoms. The molecule has 1 saturated heterocycles. The van der Waals surface area contributed by atoms with E-state index in [0.717, 1.165) is 5.56 Å². The molecule has 1 N–H and O–H groups in total. The lowest BCUT2D eigenvalue weighted by atomic mass is 9.98. The maximum atomic E-state index is 12.1. The van der Waals surface area contributed by atoms with Crippen LogP contribution in [0.25, 0.3) is 6.08 Å². The van der Waals surface area contributed by atoms with Crippen LogP contribution in [0.3, 0.4) is 0 Å². The van der Waals surface area contributed by atoms with Crippen LogP contribution in [0.1, 0.15) is 15.9 Å². The molecule has 1 aliphatic rings. The molecule has 1 aliphatic heterocycles. The van der Waals surface area contributed by atoms with E-state index in [2.05, 4.69) is 11.9 Å². The number of likely N-dealkylation sites (tertiary alicyclic amines) is 1. The quantitative estimate of drug-likeness (QED) is 0.867. The summed E-state index contributed by atoms with van der Waals surface area (Å²) in [4.78, 5) is 25.1. The van der Waals surface area contributed by atoms with Gasteiger partial charge in [0.25, 0.3) is 5.91 Å². The number of carbonyl (C=O) groups is 2. The summed E-state index contributed by atoms with van der Waals surface area (Å²) in [7, 11) is 1.61. The predicted molar refractivity (Wildman–Crippen MR) is 70.0 cm³/mol. The number of hydrogen-bond acceptors (Lipinski definition) is 2. The van der Waals surface area contributed by atoms with Crippen LogP contribution in [0.2, 0.25) is 0 Å². The molecule has 4 nitrogen and oxygen atoms in total. The Morgan fingerprint density at radius 2 is 1.94 bits per heavy atom. The van der Waals surface area contributed by atoms with Gasteiger partial charge in [-0.15, -0.1) is 0 Å². The van der Waals surface area contributed by atoms with Crippen LogP contribution in [0.15, 0.2) is 30.8 Å². The topological polar surface area (TPSA) is 49.4 Å². The average Bonchev–Trinajstić information content (AvgIpc) is 2.36. The maximum absolute atomic E-state index is 12.1. The van der Waals surface area contributed by atoms with Crippen molar-refractivity contribution in [3.8, 4) is 0 Å². The summed E-state index contributed by atoms with van der Waals surface area (Å²) in [5.74, 6) is -0.0850. The minimum Gasteiger partial charge on any atom is -0.359 e. The summed E-state index contributed by atoms with van der Waals surface area (Å²) < 4.78 is 0. The Morgan fingerprint density at radius 1 is 1.33 bits per heavy atom. The van der Waals surface area contributed by atoms with E-state index in [4.69, 9.17) is 0 Å². The third-order valence-electron chi connectivity index (χ3n) is 3.18. The number of nitrogens with one attached hydrogen (secondary N) is 1. The van der Waals surface area contributed by atoms with Crippen molar-refractivity contribution in [3.05, 3.63) is 42.0 Å². The second-order valence-electron chi connectivity index (χ2n) is 4.35. The predicted octanol–water partition coefficient (Wildman–Crippen LogP) is 1.15. The second-order valence-corrected chi connectivity index (χ2v) is 4.35. The van der Waals surface area contributed by atoms with E-state index >= 15 is 0 Å². The highest BCUT2D eigenvalue weighted by Gasteiger charge is 2.35. The SMILES string of the molecule is C=Cc1ccc(C(=O)N2CC(C(=O)NC)C2)cc1. The van der Waals surface area contributed by atoms with Gasteiger partial charge in [-0.1, -0.05) is 24.8 Å². The Bertz CT molecular complexity index is 473. The molecular weight excluding hydrogens is 228 g/mol. The smallest absolute Gasteiger partial charge is 0.253 e. The Hall–Kier alpha value is -2.10. The van der Waals surface area contributed by atoms with Crippen LogP contribution in [-0.4, -0.2) is 36.9 Å². The molecule has 2 amide bonds. The summed E-state index contributed by atoms with van der Waals surface area (Å²) in [6.45, 7) is 4.67. The highest BCUT2D eigenvalue weighted by atomic mass is 16.2. The number of rotatable bonds is 3. The Balaban J connectivity index is 1.97. The van der Waals surface area contributed by atoms with Crippen molar-refractivity contribution < 1.29 is 9.59 Å². The fourth-order valence-corrected chi connectivity index (χ4v) is 1.96. The summed E-state index contributed by atoms with van der Waals surface area (Å²) in [6, 6.07) is 7.28. The number of benzene rings is 1. The molecule has 0 atom stereocenters. The Kier molecular flexibility index (Phi) is 3.46. The van der Waals surface area contributed by atoms with Gasteiger partial charge in [-0.2, -0.15) is 0 Å². The van der Waals surface area contributed by atoms with Gasteiger partial charge in [0.15, 0.2) is 0 Å². The van der Waals surface area contributed by atoms with Crippen molar-refractivity contribution in [1.82, 2.24) is 10.2 Å². The first kappa shape index (κ1) is 12.4. The lowest BCUT2D eigenvalue weighted by Crippen LogP contribution is -2.55. The van der Waals surface area contributed by atoms with Gasteiger partial charge in [0.2, 0.25) is 5.91 Å². The molecule has 1 aromatic rings. The van der Waals surface area contributed by atoms with E-state index in [1.54, 1.807) is 30.2 Å².